The molecule has 2 aromatic rings. The van der Waals surface area contributed by atoms with E-state index in [1.54, 1.807) is 24.3 Å². The van der Waals surface area contributed by atoms with E-state index in [2.05, 4.69) is 10.6 Å². The van der Waals surface area contributed by atoms with Crippen molar-refractivity contribution in [2.45, 2.75) is 13.3 Å². The molecule has 0 aromatic heterocycles. The van der Waals surface area contributed by atoms with Gasteiger partial charge in [-0.3, -0.25) is 4.79 Å². The molecule has 0 saturated heterocycles. The van der Waals surface area contributed by atoms with E-state index in [0.717, 1.165) is 5.75 Å². The van der Waals surface area contributed by atoms with Crippen LogP contribution in [0.4, 0.5) is 10.5 Å². The highest BCUT2D eigenvalue weighted by Crippen LogP contribution is 2.11. The SMILES string of the molecule is CC(=O)c1cccc(NC(=O)NCCCOc2ccccc2)c1. The van der Waals surface area contributed by atoms with Crippen LogP contribution in [0.2, 0.25) is 0 Å². The van der Waals surface area contributed by atoms with Gasteiger partial charge in [-0.05, 0) is 37.6 Å². The molecule has 120 valence electrons. The molecule has 2 aromatic carbocycles. The summed E-state index contributed by atoms with van der Waals surface area (Å²) in [6, 6.07) is 16.1. The van der Waals surface area contributed by atoms with Crippen molar-refractivity contribution in [2.24, 2.45) is 0 Å². The molecular weight excluding hydrogens is 292 g/mol. The van der Waals surface area contributed by atoms with E-state index in [0.29, 0.717) is 30.8 Å². The molecule has 0 bridgehead atoms. The van der Waals surface area contributed by atoms with Gasteiger partial charge >= 0.3 is 6.03 Å². The van der Waals surface area contributed by atoms with E-state index in [4.69, 9.17) is 4.74 Å². The minimum absolute atomic E-state index is 0.0351. The highest BCUT2D eigenvalue weighted by molar-refractivity contribution is 5.96. The lowest BCUT2D eigenvalue weighted by Gasteiger charge is -2.09. The topological polar surface area (TPSA) is 67.4 Å². The number of hydrogen-bond donors (Lipinski definition) is 2. The number of anilines is 1. The minimum Gasteiger partial charge on any atom is -0.494 e. The Hall–Kier alpha value is -2.82. The van der Waals surface area contributed by atoms with Crippen LogP contribution in [0.15, 0.2) is 54.6 Å². The fourth-order valence-electron chi connectivity index (χ4n) is 1.97. The smallest absolute Gasteiger partial charge is 0.319 e. The highest BCUT2D eigenvalue weighted by atomic mass is 16.5. The number of benzene rings is 2. The molecule has 0 heterocycles. The molecule has 0 aliphatic carbocycles. The molecule has 0 radical (unpaired) electrons. The molecule has 0 spiro atoms. The summed E-state index contributed by atoms with van der Waals surface area (Å²) in [7, 11) is 0. The van der Waals surface area contributed by atoms with Crippen molar-refractivity contribution >= 4 is 17.5 Å². The van der Waals surface area contributed by atoms with Gasteiger partial charge in [0.1, 0.15) is 5.75 Å². The highest BCUT2D eigenvalue weighted by Gasteiger charge is 2.04. The normalized spacial score (nSPS) is 9.96. The molecule has 5 heteroatoms. The van der Waals surface area contributed by atoms with Crippen LogP contribution in [0.1, 0.15) is 23.7 Å². The molecule has 0 saturated carbocycles. The van der Waals surface area contributed by atoms with Crippen LogP contribution in [0.3, 0.4) is 0 Å². The summed E-state index contributed by atoms with van der Waals surface area (Å²) in [5, 5.41) is 5.45. The lowest BCUT2D eigenvalue weighted by Crippen LogP contribution is -2.30. The number of nitrogens with one attached hydrogen (secondary N) is 2. The molecule has 0 atom stereocenters. The van der Waals surface area contributed by atoms with Crippen LogP contribution in [-0.2, 0) is 0 Å². The van der Waals surface area contributed by atoms with Gasteiger partial charge in [-0.1, -0.05) is 30.3 Å². The second-order valence-corrected chi connectivity index (χ2v) is 5.03. The van der Waals surface area contributed by atoms with Crippen LogP contribution in [0.25, 0.3) is 0 Å². The maximum atomic E-state index is 11.8. The Balaban J connectivity index is 1.67. The van der Waals surface area contributed by atoms with Crippen molar-refractivity contribution in [2.75, 3.05) is 18.5 Å². The summed E-state index contributed by atoms with van der Waals surface area (Å²) in [4.78, 5) is 23.1. The molecule has 0 aliphatic rings. The maximum absolute atomic E-state index is 11.8. The van der Waals surface area contributed by atoms with Crippen molar-refractivity contribution in [3.63, 3.8) is 0 Å². The molecule has 23 heavy (non-hydrogen) atoms. The first-order valence-electron chi connectivity index (χ1n) is 7.49. The summed E-state index contributed by atoms with van der Waals surface area (Å²) >= 11 is 0. The summed E-state index contributed by atoms with van der Waals surface area (Å²) in [6.07, 6.45) is 0.704. The number of rotatable bonds is 7. The standard InChI is InChI=1S/C18H20N2O3/c1-14(21)15-7-5-8-16(13-15)20-18(22)19-11-6-12-23-17-9-3-2-4-10-17/h2-5,7-10,13H,6,11-12H2,1H3,(H2,19,20,22). The molecule has 0 unspecified atom stereocenters. The predicted octanol–water partition coefficient (Wildman–Crippen LogP) is 3.48. The Morgan fingerprint density at radius 2 is 1.83 bits per heavy atom. The van der Waals surface area contributed by atoms with E-state index in [1.165, 1.54) is 6.92 Å². The number of ketones is 1. The first-order valence-corrected chi connectivity index (χ1v) is 7.49. The fraction of sp³-hybridized carbons (Fsp3) is 0.222. The van der Waals surface area contributed by atoms with Gasteiger partial charge in [-0.15, -0.1) is 0 Å². The van der Waals surface area contributed by atoms with Crippen molar-refractivity contribution in [3.8, 4) is 5.75 Å². The van der Waals surface area contributed by atoms with Gasteiger partial charge in [-0.25, -0.2) is 4.79 Å². The second-order valence-electron chi connectivity index (χ2n) is 5.03. The lowest BCUT2D eigenvalue weighted by molar-refractivity contribution is 0.101. The second kappa shape index (κ2) is 8.58. The Morgan fingerprint density at radius 1 is 1.04 bits per heavy atom. The number of para-hydroxylation sites is 1. The average molecular weight is 312 g/mol. The van der Waals surface area contributed by atoms with E-state index in [-0.39, 0.29) is 11.8 Å². The summed E-state index contributed by atoms with van der Waals surface area (Å²) in [5.74, 6) is 0.783. The maximum Gasteiger partial charge on any atom is 0.319 e. The summed E-state index contributed by atoms with van der Waals surface area (Å²) in [6.45, 7) is 2.53. The number of ether oxygens (including phenoxy) is 1. The molecule has 0 fully saturated rings. The van der Waals surface area contributed by atoms with E-state index in [9.17, 15) is 9.59 Å². The monoisotopic (exact) mass is 312 g/mol. The molecule has 0 aliphatic heterocycles. The number of hydrogen-bond acceptors (Lipinski definition) is 3. The molecule has 2 rings (SSSR count). The minimum atomic E-state index is -0.301. The van der Waals surface area contributed by atoms with Crippen molar-refractivity contribution in [1.29, 1.82) is 0 Å². The van der Waals surface area contributed by atoms with Gasteiger partial charge in [-0.2, -0.15) is 0 Å². The number of carbonyl (C=O) groups excluding carboxylic acids is 2. The molecule has 2 N–H and O–H groups in total. The average Bonchev–Trinajstić information content (AvgIpc) is 2.55. The number of Topliss-reactive ketones (excluding diaryl/α,β-unsaturated/α-hetero) is 1. The molecular formula is C18H20N2O3. The lowest BCUT2D eigenvalue weighted by atomic mass is 10.1. The largest absolute Gasteiger partial charge is 0.494 e. The van der Waals surface area contributed by atoms with Crippen LogP contribution in [0, 0.1) is 0 Å². The Bertz CT molecular complexity index is 656. The van der Waals surface area contributed by atoms with Gasteiger partial charge in [0, 0.05) is 17.8 Å². The van der Waals surface area contributed by atoms with Crippen LogP contribution in [0.5, 0.6) is 5.75 Å². The zero-order valence-corrected chi connectivity index (χ0v) is 13.0. The third-order valence-corrected chi connectivity index (χ3v) is 3.15. The fourth-order valence-corrected chi connectivity index (χ4v) is 1.97. The third kappa shape index (κ3) is 5.82. The molecule has 5 nitrogen and oxygen atoms in total. The number of urea groups is 1. The van der Waals surface area contributed by atoms with Gasteiger partial charge in [0.15, 0.2) is 5.78 Å². The zero-order valence-electron chi connectivity index (χ0n) is 13.0. The van der Waals surface area contributed by atoms with Gasteiger partial charge in [0.05, 0.1) is 6.61 Å². The first kappa shape index (κ1) is 16.5. The summed E-state index contributed by atoms with van der Waals surface area (Å²) in [5.41, 5.74) is 1.16. The van der Waals surface area contributed by atoms with Crippen LogP contribution < -0.4 is 15.4 Å². The van der Waals surface area contributed by atoms with Crippen molar-refractivity contribution < 1.29 is 14.3 Å². The Kier molecular flexibility index (Phi) is 6.17. The van der Waals surface area contributed by atoms with Crippen LogP contribution in [-0.4, -0.2) is 25.0 Å². The quantitative estimate of drug-likeness (QED) is 0.607. The first-order chi connectivity index (χ1) is 11.1. The van der Waals surface area contributed by atoms with Gasteiger partial charge in [0.2, 0.25) is 0 Å². The van der Waals surface area contributed by atoms with E-state index >= 15 is 0 Å². The Morgan fingerprint density at radius 3 is 2.57 bits per heavy atom. The van der Waals surface area contributed by atoms with Gasteiger partial charge in [0.25, 0.3) is 0 Å². The zero-order chi connectivity index (χ0) is 16.5. The summed E-state index contributed by atoms with van der Waals surface area (Å²) < 4.78 is 5.54. The number of carbonyl (C=O) groups is 2. The van der Waals surface area contributed by atoms with Crippen LogP contribution >= 0.6 is 0 Å². The Labute approximate surface area is 135 Å². The molecule has 2 amide bonds. The van der Waals surface area contributed by atoms with Crippen molar-refractivity contribution in [3.05, 3.63) is 60.2 Å². The third-order valence-electron chi connectivity index (χ3n) is 3.15. The van der Waals surface area contributed by atoms with Gasteiger partial charge < -0.3 is 15.4 Å². The number of amides is 2. The predicted molar refractivity (Wildman–Crippen MR) is 90.0 cm³/mol. The van der Waals surface area contributed by atoms with Crippen molar-refractivity contribution in [1.82, 2.24) is 5.32 Å². The van der Waals surface area contributed by atoms with E-state index < -0.39 is 0 Å². The van der Waals surface area contributed by atoms with E-state index in [1.807, 2.05) is 30.3 Å².